The van der Waals surface area contributed by atoms with Crippen LogP contribution in [0.15, 0.2) is 0 Å². The molecule has 1 amide bonds. The molecule has 92 valence electrons. The van der Waals surface area contributed by atoms with Crippen LogP contribution in [0.5, 0.6) is 0 Å². The molecule has 2 aliphatic rings. The van der Waals surface area contributed by atoms with Crippen molar-refractivity contribution in [2.75, 3.05) is 18.6 Å². The summed E-state index contributed by atoms with van der Waals surface area (Å²) in [4.78, 5) is 11.8. The minimum Gasteiger partial charge on any atom is -0.355 e. The van der Waals surface area contributed by atoms with E-state index in [0.717, 1.165) is 19.3 Å². The summed E-state index contributed by atoms with van der Waals surface area (Å²) in [7, 11) is -2.98. The Bertz CT molecular complexity index is 380. The standard InChI is InChI=1S/C10H18N2O3S/c1-16(14,15)5-4-11-10(13)8-6-7-2-3-9(8)12-7/h7-9,12H,2-6H2,1H3,(H,11,13). The van der Waals surface area contributed by atoms with Crippen LogP contribution in [0.3, 0.4) is 0 Å². The van der Waals surface area contributed by atoms with Crippen LogP contribution in [0.25, 0.3) is 0 Å². The van der Waals surface area contributed by atoms with E-state index < -0.39 is 9.84 Å². The molecule has 2 N–H and O–H groups in total. The van der Waals surface area contributed by atoms with Crippen molar-refractivity contribution < 1.29 is 13.2 Å². The molecule has 6 heteroatoms. The molecule has 0 aromatic carbocycles. The van der Waals surface area contributed by atoms with Gasteiger partial charge >= 0.3 is 0 Å². The molecule has 2 bridgehead atoms. The molecule has 0 saturated carbocycles. The van der Waals surface area contributed by atoms with E-state index in [1.54, 1.807) is 0 Å². The van der Waals surface area contributed by atoms with Crippen molar-refractivity contribution in [3.05, 3.63) is 0 Å². The molecule has 3 atom stereocenters. The fourth-order valence-electron chi connectivity index (χ4n) is 2.60. The quantitative estimate of drug-likeness (QED) is 0.687. The van der Waals surface area contributed by atoms with Gasteiger partial charge in [0, 0.05) is 24.9 Å². The summed E-state index contributed by atoms with van der Waals surface area (Å²) in [6, 6.07) is 0.805. The van der Waals surface area contributed by atoms with Crippen molar-refractivity contribution in [1.29, 1.82) is 0 Å². The molecule has 5 nitrogen and oxygen atoms in total. The van der Waals surface area contributed by atoms with Gasteiger partial charge in [0.05, 0.1) is 11.7 Å². The molecule has 2 saturated heterocycles. The lowest BCUT2D eigenvalue weighted by Crippen LogP contribution is -2.39. The van der Waals surface area contributed by atoms with Crippen molar-refractivity contribution in [3.8, 4) is 0 Å². The summed E-state index contributed by atoms with van der Waals surface area (Å²) in [5.41, 5.74) is 0. The second-order valence-electron chi connectivity index (χ2n) is 4.81. The zero-order chi connectivity index (χ0) is 11.8. The maximum atomic E-state index is 11.8. The van der Waals surface area contributed by atoms with E-state index in [4.69, 9.17) is 0 Å². The third-order valence-corrected chi connectivity index (χ3v) is 4.35. The molecule has 2 fully saturated rings. The normalized spacial score (nSPS) is 32.9. The van der Waals surface area contributed by atoms with Crippen molar-refractivity contribution in [1.82, 2.24) is 10.6 Å². The second-order valence-corrected chi connectivity index (χ2v) is 7.07. The number of hydrogen-bond donors (Lipinski definition) is 2. The van der Waals surface area contributed by atoms with Gasteiger partial charge in [0.25, 0.3) is 0 Å². The molecule has 2 aliphatic heterocycles. The summed E-state index contributed by atoms with van der Waals surface area (Å²) in [6.07, 6.45) is 4.31. The predicted octanol–water partition coefficient (Wildman–Crippen LogP) is -0.712. The van der Waals surface area contributed by atoms with E-state index in [0.29, 0.717) is 12.1 Å². The van der Waals surface area contributed by atoms with Gasteiger partial charge in [-0.15, -0.1) is 0 Å². The Hall–Kier alpha value is -0.620. The van der Waals surface area contributed by atoms with Crippen LogP contribution in [0.1, 0.15) is 19.3 Å². The number of carbonyl (C=O) groups is 1. The first-order chi connectivity index (χ1) is 7.46. The van der Waals surface area contributed by atoms with Crippen LogP contribution in [0, 0.1) is 5.92 Å². The Morgan fingerprint density at radius 2 is 2.19 bits per heavy atom. The van der Waals surface area contributed by atoms with Gasteiger partial charge in [0.2, 0.25) is 5.91 Å². The lowest BCUT2D eigenvalue weighted by Gasteiger charge is -2.19. The molecule has 16 heavy (non-hydrogen) atoms. The first-order valence-electron chi connectivity index (χ1n) is 5.67. The highest BCUT2D eigenvalue weighted by molar-refractivity contribution is 7.90. The second kappa shape index (κ2) is 4.33. The van der Waals surface area contributed by atoms with Crippen LogP contribution in [-0.4, -0.2) is 45.0 Å². The molecule has 0 aliphatic carbocycles. The largest absolute Gasteiger partial charge is 0.355 e. The average molecular weight is 246 g/mol. The molecule has 2 heterocycles. The topological polar surface area (TPSA) is 75.3 Å². The van der Waals surface area contributed by atoms with E-state index in [1.807, 2.05) is 0 Å². The zero-order valence-corrected chi connectivity index (χ0v) is 10.2. The molecular weight excluding hydrogens is 228 g/mol. The molecule has 0 aromatic rings. The van der Waals surface area contributed by atoms with E-state index in [2.05, 4.69) is 10.6 Å². The van der Waals surface area contributed by atoms with E-state index in [9.17, 15) is 13.2 Å². The number of carbonyl (C=O) groups excluding carboxylic acids is 1. The number of fused-ring (bicyclic) bond motifs is 2. The van der Waals surface area contributed by atoms with Crippen LogP contribution in [0.4, 0.5) is 0 Å². The third-order valence-electron chi connectivity index (χ3n) is 3.41. The average Bonchev–Trinajstić information content (AvgIpc) is 2.76. The number of sulfone groups is 1. The van der Waals surface area contributed by atoms with Crippen LogP contribution in [0.2, 0.25) is 0 Å². The monoisotopic (exact) mass is 246 g/mol. The summed E-state index contributed by atoms with van der Waals surface area (Å²) >= 11 is 0. The van der Waals surface area contributed by atoms with Gasteiger partial charge in [0.15, 0.2) is 0 Å². The molecule has 3 unspecified atom stereocenters. The smallest absolute Gasteiger partial charge is 0.224 e. The van der Waals surface area contributed by atoms with Gasteiger partial charge in [-0.25, -0.2) is 8.42 Å². The number of nitrogens with one attached hydrogen (secondary N) is 2. The molecule has 2 rings (SSSR count). The first kappa shape index (κ1) is 11.9. The fraction of sp³-hybridized carbons (Fsp3) is 0.900. The van der Waals surface area contributed by atoms with Crippen molar-refractivity contribution in [3.63, 3.8) is 0 Å². The highest BCUT2D eigenvalue weighted by Crippen LogP contribution is 2.33. The maximum absolute atomic E-state index is 11.8. The Morgan fingerprint density at radius 3 is 2.69 bits per heavy atom. The highest BCUT2D eigenvalue weighted by Gasteiger charge is 2.42. The Morgan fingerprint density at radius 1 is 1.44 bits per heavy atom. The van der Waals surface area contributed by atoms with Crippen LogP contribution in [-0.2, 0) is 14.6 Å². The predicted molar refractivity (Wildman–Crippen MR) is 60.8 cm³/mol. The van der Waals surface area contributed by atoms with E-state index >= 15 is 0 Å². The minimum absolute atomic E-state index is 0.00310. The Balaban J connectivity index is 1.77. The summed E-state index contributed by atoms with van der Waals surface area (Å²) in [5.74, 6) is 0.0640. The maximum Gasteiger partial charge on any atom is 0.224 e. The minimum atomic E-state index is -2.98. The SMILES string of the molecule is CS(=O)(=O)CCNC(=O)C1CC2CCC1N2. The van der Waals surface area contributed by atoms with Crippen LogP contribution < -0.4 is 10.6 Å². The van der Waals surface area contributed by atoms with Crippen molar-refractivity contribution >= 4 is 15.7 Å². The summed E-state index contributed by atoms with van der Waals surface area (Å²) < 4.78 is 21.8. The highest BCUT2D eigenvalue weighted by atomic mass is 32.2. The Kier molecular flexibility index (Phi) is 3.21. The van der Waals surface area contributed by atoms with Crippen molar-refractivity contribution in [2.24, 2.45) is 5.92 Å². The summed E-state index contributed by atoms with van der Waals surface area (Å²) in [5, 5.41) is 6.09. The molecule has 0 aromatic heterocycles. The molecule has 0 radical (unpaired) electrons. The van der Waals surface area contributed by atoms with Gasteiger partial charge in [-0.2, -0.15) is 0 Å². The van der Waals surface area contributed by atoms with Gasteiger partial charge < -0.3 is 10.6 Å². The lowest BCUT2D eigenvalue weighted by molar-refractivity contribution is -0.125. The summed E-state index contributed by atoms with van der Waals surface area (Å²) in [6.45, 7) is 0.228. The van der Waals surface area contributed by atoms with Gasteiger partial charge in [-0.3, -0.25) is 4.79 Å². The van der Waals surface area contributed by atoms with Gasteiger partial charge in [-0.1, -0.05) is 0 Å². The first-order valence-corrected chi connectivity index (χ1v) is 7.73. The lowest BCUT2D eigenvalue weighted by atomic mass is 9.88. The molecule has 0 spiro atoms. The number of rotatable bonds is 4. The van der Waals surface area contributed by atoms with Crippen molar-refractivity contribution in [2.45, 2.75) is 31.3 Å². The van der Waals surface area contributed by atoms with Crippen LogP contribution >= 0.6 is 0 Å². The number of hydrogen-bond acceptors (Lipinski definition) is 4. The third kappa shape index (κ3) is 2.74. The van der Waals surface area contributed by atoms with E-state index in [1.165, 1.54) is 6.26 Å². The van der Waals surface area contributed by atoms with Gasteiger partial charge in [0.1, 0.15) is 9.84 Å². The number of amides is 1. The fourth-order valence-corrected chi connectivity index (χ4v) is 3.08. The van der Waals surface area contributed by atoms with E-state index in [-0.39, 0.29) is 24.1 Å². The Labute approximate surface area is 95.9 Å². The zero-order valence-electron chi connectivity index (χ0n) is 9.40. The van der Waals surface area contributed by atoms with Gasteiger partial charge in [-0.05, 0) is 19.3 Å². The molecular formula is C10H18N2O3S.